The van der Waals surface area contributed by atoms with Crippen molar-refractivity contribution in [3.05, 3.63) is 54.0 Å². The van der Waals surface area contributed by atoms with Crippen molar-refractivity contribution >= 4 is 11.7 Å². The van der Waals surface area contributed by atoms with Crippen molar-refractivity contribution in [3.8, 4) is 0 Å². The number of hydrogen-bond donors (Lipinski definition) is 0. The summed E-state index contributed by atoms with van der Waals surface area (Å²) in [6.07, 6.45) is 4.07. The molecule has 118 valence electrons. The Balaban J connectivity index is 1.42. The molecule has 0 unspecified atom stereocenters. The number of carbonyl (C=O) groups is 1. The molecule has 2 fully saturated rings. The number of piperazine rings is 1. The van der Waals surface area contributed by atoms with Gasteiger partial charge in [-0.3, -0.25) is 4.79 Å². The van der Waals surface area contributed by atoms with Crippen LogP contribution in [0.15, 0.2) is 42.7 Å². The number of aromatic nitrogens is 2. The zero-order valence-corrected chi connectivity index (χ0v) is 13.1. The number of amides is 1. The number of carbonyl (C=O) groups excluding carboxylic acids is 1. The molecule has 5 heteroatoms. The fourth-order valence-electron chi connectivity index (χ4n) is 3.01. The molecule has 1 aliphatic carbocycles. The first-order valence-electron chi connectivity index (χ1n) is 8.18. The van der Waals surface area contributed by atoms with Gasteiger partial charge in [-0.1, -0.05) is 30.3 Å². The molecule has 1 aromatic carbocycles. The van der Waals surface area contributed by atoms with Gasteiger partial charge < -0.3 is 9.80 Å². The molecule has 1 amide bonds. The maximum Gasteiger partial charge on any atom is 0.242 e. The molecule has 1 saturated heterocycles. The zero-order chi connectivity index (χ0) is 15.6. The van der Waals surface area contributed by atoms with Crippen LogP contribution in [0.5, 0.6) is 0 Å². The number of benzene rings is 1. The van der Waals surface area contributed by atoms with E-state index in [-0.39, 0.29) is 5.91 Å². The van der Waals surface area contributed by atoms with Crippen LogP contribution in [-0.2, 0) is 11.3 Å². The van der Waals surface area contributed by atoms with E-state index >= 15 is 0 Å². The lowest BCUT2D eigenvalue weighted by atomic mass is 10.2. The van der Waals surface area contributed by atoms with Gasteiger partial charge >= 0.3 is 0 Å². The second-order valence-corrected chi connectivity index (χ2v) is 6.30. The largest absolute Gasteiger partial charge is 0.345 e. The highest BCUT2D eigenvalue weighted by Gasteiger charge is 2.28. The van der Waals surface area contributed by atoms with E-state index in [1.807, 2.05) is 23.1 Å². The predicted molar refractivity (Wildman–Crippen MR) is 88.1 cm³/mol. The summed E-state index contributed by atoms with van der Waals surface area (Å²) in [5.41, 5.74) is 2.29. The predicted octanol–water partition coefficient (Wildman–Crippen LogP) is 2.20. The van der Waals surface area contributed by atoms with E-state index in [4.69, 9.17) is 0 Å². The minimum absolute atomic E-state index is 0.159. The Bertz CT molecular complexity index is 699. The highest BCUT2D eigenvalue weighted by Crippen LogP contribution is 2.39. The molecule has 2 heterocycles. The quantitative estimate of drug-likeness (QED) is 0.869. The zero-order valence-electron chi connectivity index (χ0n) is 13.1. The van der Waals surface area contributed by atoms with E-state index in [1.54, 1.807) is 6.33 Å². The molecule has 0 bridgehead atoms. The molecule has 5 nitrogen and oxygen atoms in total. The van der Waals surface area contributed by atoms with Gasteiger partial charge in [0.25, 0.3) is 0 Å². The summed E-state index contributed by atoms with van der Waals surface area (Å²) in [4.78, 5) is 25.2. The monoisotopic (exact) mass is 308 g/mol. The summed E-state index contributed by atoms with van der Waals surface area (Å²) in [6, 6.07) is 12.2. The van der Waals surface area contributed by atoms with E-state index in [2.05, 4.69) is 33.1 Å². The van der Waals surface area contributed by atoms with Crippen LogP contribution in [0.2, 0.25) is 0 Å². The first-order valence-corrected chi connectivity index (χ1v) is 8.18. The van der Waals surface area contributed by atoms with E-state index in [9.17, 15) is 4.79 Å². The van der Waals surface area contributed by atoms with Gasteiger partial charge in [0.2, 0.25) is 5.91 Å². The topological polar surface area (TPSA) is 49.3 Å². The highest BCUT2D eigenvalue weighted by molar-refractivity contribution is 5.82. The van der Waals surface area contributed by atoms with Gasteiger partial charge in [0, 0.05) is 37.3 Å². The summed E-state index contributed by atoms with van der Waals surface area (Å²) in [6.45, 7) is 2.63. The maximum absolute atomic E-state index is 12.5. The van der Waals surface area contributed by atoms with Gasteiger partial charge in [-0.05, 0) is 18.4 Å². The van der Waals surface area contributed by atoms with Crippen LogP contribution < -0.4 is 4.90 Å². The maximum atomic E-state index is 12.5. The third kappa shape index (κ3) is 3.18. The van der Waals surface area contributed by atoms with Crippen molar-refractivity contribution in [1.82, 2.24) is 14.9 Å². The number of hydrogen-bond acceptors (Lipinski definition) is 4. The fraction of sp³-hybridized carbons (Fsp3) is 0.389. The van der Waals surface area contributed by atoms with Crippen molar-refractivity contribution in [3.63, 3.8) is 0 Å². The Labute approximate surface area is 136 Å². The highest BCUT2D eigenvalue weighted by atomic mass is 16.2. The van der Waals surface area contributed by atoms with E-state index in [0.717, 1.165) is 24.6 Å². The van der Waals surface area contributed by atoms with Gasteiger partial charge in [-0.2, -0.15) is 0 Å². The molecule has 23 heavy (non-hydrogen) atoms. The average Bonchev–Trinajstić information content (AvgIpc) is 3.43. The van der Waals surface area contributed by atoms with E-state index < -0.39 is 0 Å². The second kappa shape index (κ2) is 5.99. The van der Waals surface area contributed by atoms with Crippen molar-refractivity contribution in [2.24, 2.45) is 0 Å². The molecule has 0 atom stereocenters. The van der Waals surface area contributed by atoms with Crippen molar-refractivity contribution in [2.45, 2.75) is 25.3 Å². The van der Waals surface area contributed by atoms with Crippen LogP contribution in [0.4, 0.5) is 5.82 Å². The van der Waals surface area contributed by atoms with Gasteiger partial charge in [0.05, 0.1) is 6.54 Å². The Morgan fingerprint density at radius 1 is 1.09 bits per heavy atom. The Kier molecular flexibility index (Phi) is 3.69. The lowest BCUT2D eigenvalue weighted by molar-refractivity contribution is -0.131. The third-order valence-corrected chi connectivity index (χ3v) is 4.53. The van der Waals surface area contributed by atoms with Gasteiger partial charge in [-0.15, -0.1) is 0 Å². The SMILES string of the molecule is O=C1CN(c2cc(C3CC3)ncn2)CCN1Cc1ccccc1. The summed E-state index contributed by atoms with van der Waals surface area (Å²) in [7, 11) is 0. The Morgan fingerprint density at radius 3 is 2.65 bits per heavy atom. The van der Waals surface area contributed by atoms with Gasteiger partial charge in [0.15, 0.2) is 0 Å². The standard InChI is InChI=1S/C18H20N4O/c23-18-12-21(17-10-16(15-6-7-15)19-13-20-17)8-9-22(18)11-14-4-2-1-3-5-14/h1-5,10,13,15H,6-9,11-12H2. The Morgan fingerprint density at radius 2 is 1.91 bits per heavy atom. The number of rotatable bonds is 4. The molecule has 1 aromatic heterocycles. The molecule has 0 spiro atoms. The molecule has 2 aromatic rings. The summed E-state index contributed by atoms with van der Waals surface area (Å²) in [5.74, 6) is 1.65. The van der Waals surface area contributed by atoms with Crippen LogP contribution >= 0.6 is 0 Å². The number of nitrogens with zero attached hydrogens (tertiary/aromatic N) is 4. The lowest BCUT2D eigenvalue weighted by Gasteiger charge is -2.35. The second-order valence-electron chi connectivity index (χ2n) is 6.30. The molecular formula is C18H20N4O. The first kappa shape index (κ1) is 14.2. The van der Waals surface area contributed by atoms with Gasteiger partial charge in [0.1, 0.15) is 12.1 Å². The average molecular weight is 308 g/mol. The lowest BCUT2D eigenvalue weighted by Crippen LogP contribution is -2.50. The van der Waals surface area contributed by atoms with Crippen molar-refractivity contribution < 1.29 is 4.79 Å². The summed E-state index contributed by atoms with van der Waals surface area (Å²) >= 11 is 0. The van der Waals surface area contributed by atoms with Crippen LogP contribution in [0, 0.1) is 0 Å². The summed E-state index contributed by atoms with van der Waals surface area (Å²) < 4.78 is 0. The minimum atomic E-state index is 0.159. The normalized spacial score (nSPS) is 18.3. The molecule has 1 saturated carbocycles. The molecule has 4 rings (SSSR count). The van der Waals surface area contributed by atoms with Crippen molar-refractivity contribution in [2.75, 3.05) is 24.5 Å². The molecule has 0 radical (unpaired) electrons. The van der Waals surface area contributed by atoms with Crippen LogP contribution in [-0.4, -0.2) is 40.4 Å². The smallest absolute Gasteiger partial charge is 0.242 e. The Hall–Kier alpha value is -2.43. The first-order chi connectivity index (χ1) is 11.3. The van der Waals surface area contributed by atoms with Crippen LogP contribution in [0.25, 0.3) is 0 Å². The molecular weight excluding hydrogens is 288 g/mol. The minimum Gasteiger partial charge on any atom is -0.345 e. The van der Waals surface area contributed by atoms with Crippen LogP contribution in [0.1, 0.15) is 30.0 Å². The van der Waals surface area contributed by atoms with E-state index in [1.165, 1.54) is 18.4 Å². The third-order valence-electron chi connectivity index (χ3n) is 4.53. The van der Waals surface area contributed by atoms with Crippen molar-refractivity contribution in [1.29, 1.82) is 0 Å². The van der Waals surface area contributed by atoms with Gasteiger partial charge in [-0.25, -0.2) is 9.97 Å². The van der Waals surface area contributed by atoms with Crippen LogP contribution in [0.3, 0.4) is 0 Å². The summed E-state index contributed by atoms with van der Waals surface area (Å²) in [5, 5.41) is 0. The van der Waals surface area contributed by atoms with E-state index in [0.29, 0.717) is 19.0 Å². The molecule has 1 aliphatic heterocycles. The molecule has 0 N–H and O–H groups in total. The number of anilines is 1. The fourth-order valence-corrected chi connectivity index (χ4v) is 3.01. The molecule has 2 aliphatic rings.